The molecule has 4 heteroatoms. The molecule has 3 nitrogen and oxygen atoms in total. The minimum Gasteiger partial charge on any atom is -0.381 e. The van der Waals surface area contributed by atoms with Gasteiger partial charge < -0.3 is 14.8 Å². The Balaban J connectivity index is 2.01. The molecule has 0 bridgehead atoms. The van der Waals surface area contributed by atoms with Gasteiger partial charge in [0.15, 0.2) is 0 Å². The van der Waals surface area contributed by atoms with Crippen LogP contribution in [0.2, 0.25) is 5.02 Å². The zero-order valence-electron chi connectivity index (χ0n) is 11.4. The number of likely N-dealkylation sites (N-methyl/N-ethyl adjacent to an activating group) is 1. The standard InChI is InChI=1S/C15H22ClNO2/c1-2-17-11-15(12-4-3-5-13(16)10-12)19-14-6-8-18-9-7-14/h3-5,10,14-15,17H,2,6-9,11H2,1H3. The zero-order chi connectivity index (χ0) is 13.5. The van der Waals surface area contributed by atoms with Crippen LogP contribution in [0.15, 0.2) is 24.3 Å². The molecule has 0 spiro atoms. The molecule has 1 aliphatic rings. The van der Waals surface area contributed by atoms with Crippen LogP contribution >= 0.6 is 11.6 Å². The van der Waals surface area contributed by atoms with Crippen LogP contribution in [0.5, 0.6) is 0 Å². The fourth-order valence-electron chi connectivity index (χ4n) is 2.27. The van der Waals surface area contributed by atoms with Crippen LogP contribution in [0.25, 0.3) is 0 Å². The first-order valence-corrected chi connectivity index (χ1v) is 7.36. The molecule has 1 aromatic carbocycles. The Kier molecular flexibility index (Phi) is 6.11. The molecule has 1 heterocycles. The predicted molar refractivity (Wildman–Crippen MR) is 77.7 cm³/mol. The van der Waals surface area contributed by atoms with E-state index in [1.807, 2.05) is 18.2 Å². The van der Waals surface area contributed by atoms with Crippen molar-refractivity contribution >= 4 is 11.6 Å². The van der Waals surface area contributed by atoms with E-state index >= 15 is 0 Å². The van der Waals surface area contributed by atoms with E-state index in [0.29, 0.717) is 0 Å². The summed E-state index contributed by atoms with van der Waals surface area (Å²) in [4.78, 5) is 0. The summed E-state index contributed by atoms with van der Waals surface area (Å²) in [5.74, 6) is 0. The van der Waals surface area contributed by atoms with Gasteiger partial charge in [-0.05, 0) is 37.1 Å². The molecule has 1 aliphatic heterocycles. The molecule has 1 saturated heterocycles. The van der Waals surface area contributed by atoms with Gasteiger partial charge in [0.1, 0.15) is 0 Å². The Morgan fingerprint density at radius 2 is 2.21 bits per heavy atom. The van der Waals surface area contributed by atoms with Gasteiger partial charge in [-0.15, -0.1) is 0 Å². The number of nitrogens with one attached hydrogen (secondary N) is 1. The summed E-state index contributed by atoms with van der Waals surface area (Å²) in [5, 5.41) is 4.12. The second-order valence-electron chi connectivity index (χ2n) is 4.80. The smallest absolute Gasteiger partial charge is 0.0953 e. The van der Waals surface area contributed by atoms with E-state index in [0.717, 1.165) is 49.7 Å². The second-order valence-corrected chi connectivity index (χ2v) is 5.24. The van der Waals surface area contributed by atoms with Crippen LogP contribution in [0.4, 0.5) is 0 Å². The van der Waals surface area contributed by atoms with E-state index in [1.165, 1.54) is 0 Å². The summed E-state index contributed by atoms with van der Waals surface area (Å²) in [6.45, 7) is 5.45. The fraction of sp³-hybridized carbons (Fsp3) is 0.600. The predicted octanol–water partition coefficient (Wildman–Crippen LogP) is 3.19. The van der Waals surface area contributed by atoms with Crippen molar-refractivity contribution in [1.82, 2.24) is 5.32 Å². The van der Waals surface area contributed by atoms with Crippen LogP contribution in [0.1, 0.15) is 31.4 Å². The highest BCUT2D eigenvalue weighted by Crippen LogP contribution is 2.24. The van der Waals surface area contributed by atoms with Gasteiger partial charge in [-0.1, -0.05) is 30.7 Å². The molecule has 0 radical (unpaired) electrons. The topological polar surface area (TPSA) is 30.5 Å². The van der Waals surface area contributed by atoms with E-state index in [2.05, 4.69) is 18.3 Å². The highest BCUT2D eigenvalue weighted by Gasteiger charge is 2.20. The zero-order valence-corrected chi connectivity index (χ0v) is 12.2. The first kappa shape index (κ1) is 14.8. The maximum atomic E-state index is 6.23. The molecule has 1 N–H and O–H groups in total. The molecule has 1 atom stereocenters. The first-order valence-electron chi connectivity index (χ1n) is 6.99. The van der Waals surface area contributed by atoms with Crippen molar-refractivity contribution in [3.63, 3.8) is 0 Å². The Morgan fingerprint density at radius 1 is 1.42 bits per heavy atom. The molecule has 0 saturated carbocycles. The molecule has 19 heavy (non-hydrogen) atoms. The normalized spacial score (nSPS) is 18.4. The van der Waals surface area contributed by atoms with Crippen molar-refractivity contribution in [1.29, 1.82) is 0 Å². The van der Waals surface area contributed by atoms with Crippen molar-refractivity contribution in [3.05, 3.63) is 34.9 Å². The fourth-order valence-corrected chi connectivity index (χ4v) is 2.47. The molecular weight excluding hydrogens is 262 g/mol. The minimum absolute atomic E-state index is 0.0572. The Labute approximate surface area is 120 Å². The van der Waals surface area contributed by atoms with E-state index in [-0.39, 0.29) is 12.2 Å². The molecule has 1 fully saturated rings. The number of hydrogen-bond acceptors (Lipinski definition) is 3. The van der Waals surface area contributed by atoms with Gasteiger partial charge >= 0.3 is 0 Å². The van der Waals surface area contributed by atoms with Gasteiger partial charge in [0.25, 0.3) is 0 Å². The first-order chi connectivity index (χ1) is 9.29. The van der Waals surface area contributed by atoms with Crippen LogP contribution in [-0.4, -0.2) is 32.4 Å². The van der Waals surface area contributed by atoms with Gasteiger partial charge in [-0.2, -0.15) is 0 Å². The number of ether oxygens (including phenoxy) is 2. The molecule has 0 amide bonds. The van der Waals surface area contributed by atoms with Crippen LogP contribution in [0, 0.1) is 0 Å². The van der Waals surface area contributed by atoms with E-state index in [1.54, 1.807) is 0 Å². The lowest BCUT2D eigenvalue weighted by Gasteiger charge is -2.28. The summed E-state index contributed by atoms with van der Waals surface area (Å²) < 4.78 is 11.6. The lowest BCUT2D eigenvalue weighted by Crippen LogP contribution is -2.30. The van der Waals surface area contributed by atoms with Gasteiger partial charge in [0.05, 0.1) is 12.2 Å². The molecule has 0 aromatic heterocycles. The third-order valence-electron chi connectivity index (χ3n) is 3.33. The van der Waals surface area contributed by atoms with Gasteiger partial charge in [-0.3, -0.25) is 0 Å². The minimum atomic E-state index is 0.0572. The molecular formula is C15H22ClNO2. The Bertz CT molecular complexity index is 380. The highest BCUT2D eigenvalue weighted by atomic mass is 35.5. The maximum absolute atomic E-state index is 6.23. The monoisotopic (exact) mass is 283 g/mol. The van der Waals surface area contributed by atoms with Crippen molar-refractivity contribution in [2.45, 2.75) is 32.0 Å². The lowest BCUT2D eigenvalue weighted by molar-refractivity contribution is -0.0687. The van der Waals surface area contributed by atoms with Crippen LogP contribution in [0.3, 0.4) is 0 Å². The van der Waals surface area contributed by atoms with Gasteiger partial charge in [-0.25, -0.2) is 0 Å². The van der Waals surface area contributed by atoms with Crippen molar-refractivity contribution < 1.29 is 9.47 Å². The summed E-state index contributed by atoms with van der Waals surface area (Å²) >= 11 is 6.07. The summed E-state index contributed by atoms with van der Waals surface area (Å²) in [6.07, 6.45) is 2.30. The van der Waals surface area contributed by atoms with Crippen LogP contribution in [-0.2, 0) is 9.47 Å². The summed E-state index contributed by atoms with van der Waals surface area (Å²) in [6, 6.07) is 7.93. The maximum Gasteiger partial charge on any atom is 0.0953 e. The summed E-state index contributed by atoms with van der Waals surface area (Å²) in [5.41, 5.74) is 1.14. The Morgan fingerprint density at radius 3 is 2.89 bits per heavy atom. The SMILES string of the molecule is CCNCC(OC1CCOCC1)c1cccc(Cl)c1. The van der Waals surface area contributed by atoms with Crippen molar-refractivity contribution in [2.75, 3.05) is 26.3 Å². The average Bonchev–Trinajstić information content (AvgIpc) is 2.44. The summed E-state index contributed by atoms with van der Waals surface area (Å²) in [7, 11) is 0. The molecule has 1 aromatic rings. The number of benzene rings is 1. The van der Waals surface area contributed by atoms with E-state index < -0.39 is 0 Å². The molecule has 106 valence electrons. The largest absolute Gasteiger partial charge is 0.381 e. The third-order valence-corrected chi connectivity index (χ3v) is 3.56. The lowest BCUT2D eigenvalue weighted by atomic mass is 10.1. The second kappa shape index (κ2) is 7.85. The average molecular weight is 284 g/mol. The highest BCUT2D eigenvalue weighted by molar-refractivity contribution is 6.30. The Hall–Kier alpha value is -0.610. The molecule has 2 rings (SSSR count). The van der Waals surface area contributed by atoms with Gasteiger partial charge in [0, 0.05) is 24.8 Å². The molecule has 0 aliphatic carbocycles. The van der Waals surface area contributed by atoms with Crippen LogP contribution < -0.4 is 5.32 Å². The van der Waals surface area contributed by atoms with E-state index in [9.17, 15) is 0 Å². The van der Waals surface area contributed by atoms with Crippen molar-refractivity contribution in [3.8, 4) is 0 Å². The van der Waals surface area contributed by atoms with E-state index in [4.69, 9.17) is 21.1 Å². The number of hydrogen-bond donors (Lipinski definition) is 1. The molecule has 1 unspecified atom stereocenters. The number of rotatable bonds is 6. The quantitative estimate of drug-likeness (QED) is 0.870. The third kappa shape index (κ3) is 4.77. The van der Waals surface area contributed by atoms with Gasteiger partial charge in [0.2, 0.25) is 0 Å². The van der Waals surface area contributed by atoms with Crippen molar-refractivity contribution in [2.24, 2.45) is 0 Å². The number of halogens is 1.